The number of nitrogens with zero attached hydrogens (tertiary/aromatic N) is 2. The van der Waals surface area contributed by atoms with Crippen molar-refractivity contribution in [2.24, 2.45) is 0 Å². The minimum absolute atomic E-state index is 0. The Balaban J connectivity index is 0.00000220. The highest BCUT2D eigenvalue weighted by atomic mass is 35.5. The molecule has 1 heterocycles. The molecular weight excluding hydrogens is 308 g/mol. The minimum atomic E-state index is -0.0314. The molecule has 2 aromatic rings. The molecule has 0 fully saturated rings. The average molecular weight is 327 g/mol. The Labute approximate surface area is 134 Å². The second-order valence-corrected chi connectivity index (χ2v) is 5.98. The Morgan fingerprint density at radius 1 is 1.29 bits per heavy atom. The second kappa shape index (κ2) is 7.95. The molecule has 1 aromatic carbocycles. The predicted molar refractivity (Wildman–Crippen MR) is 87.7 cm³/mol. The molecule has 2 rings (SSSR count). The van der Waals surface area contributed by atoms with E-state index in [-0.39, 0.29) is 18.3 Å². The Bertz CT molecular complexity index is 583. The summed E-state index contributed by atoms with van der Waals surface area (Å²) in [7, 11) is 0. The fourth-order valence-corrected chi connectivity index (χ4v) is 2.41. The number of anilines is 1. The van der Waals surface area contributed by atoms with Gasteiger partial charge in [0, 0.05) is 11.6 Å². The number of aromatic nitrogens is 2. The molecule has 5 nitrogen and oxygen atoms in total. The number of hydrogen-bond acceptors (Lipinski definition) is 5. The average Bonchev–Trinajstić information content (AvgIpc) is 2.88. The van der Waals surface area contributed by atoms with Crippen LogP contribution >= 0.6 is 23.7 Å². The highest BCUT2D eigenvalue weighted by Gasteiger charge is 2.09. The molecule has 1 aromatic heterocycles. The van der Waals surface area contributed by atoms with Gasteiger partial charge in [0.1, 0.15) is 10.0 Å². The number of carbonyl (C=O) groups is 1. The molecule has 1 amide bonds. The van der Waals surface area contributed by atoms with E-state index >= 15 is 0 Å². The van der Waals surface area contributed by atoms with Gasteiger partial charge < -0.3 is 11.1 Å². The normalized spacial score (nSPS) is 10.2. The molecule has 0 aliphatic rings. The van der Waals surface area contributed by atoms with Gasteiger partial charge in [-0.1, -0.05) is 37.3 Å². The third-order valence-corrected chi connectivity index (χ3v) is 3.98. The van der Waals surface area contributed by atoms with Gasteiger partial charge in [-0.15, -0.1) is 22.6 Å². The molecule has 3 N–H and O–H groups in total. The summed E-state index contributed by atoms with van der Waals surface area (Å²) in [5.41, 5.74) is 7.24. The van der Waals surface area contributed by atoms with Crippen molar-refractivity contribution in [1.82, 2.24) is 15.5 Å². The summed E-state index contributed by atoms with van der Waals surface area (Å²) in [6.07, 6.45) is 0.343. The number of halogens is 1. The van der Waals surface area contributed by atoms with Crippen LogP contribution in [0.3, 0.4) is 0 Å². The summed E-state index contributed by atoms with van der Waals surface area (Å²) in [6, 6.07) is 7.30. The quantitative estimate of drug-likeness (QED) is 0.827. The van der Waals surface area contributed by atoms with E-state index in [0.29, 0.717) is 24.6 Å². The lowest BCUT2D eigenvalue weighted by molar-refractivity contribution is -0.120. The fourth-order valence-electron chi connectivity index (χ4n) is 1.63. The van der Waals surface area contributed by atoms with Gasteiger partial charge in [0.2, 0.25) is 5.91 Å². The lowest BCUT2D eigenvalue weighted by Crippen LogP contribution is -2.24. The van der Waals surface area contributed by atoms with Gasteiger partial charge in [-0.3, -0.25) is 4.79 Å². The third kappa shape index (κ3) is 5.32. The van der Waals surface area contributed by atoms with Gasteiger partial charge >= 0.3 is 0 Å². The van der Waals surface area contributed by atoms with E-state index in [4.69, 9.17) is 5.73 Å². The number of hydrogen-bond donors (Lipinski definition) is 2. The highest BCUT2D eigenvalue weighted by molar-refractivity contribution is 7.11. The second-order valence-electron chi connectivity index (χ2n) is 4.88. The first-order chi connectivity index (χ1) is 9.54. The molecule has 0 aliphatic heterocycles. The van der Waals surface area contributed by atoms with Crippen molar-refractivity contribution in [3.8, 4) is 0 Å². The topological polar surface area (TPSA) is 80.9 Å². The summed E-state index contributed by atoms with van der Waals surface area (Å²) < 4.78 is 0. The zero-order valence-electron chi connectivity index (χ0n) is 12.0. The minimum Gasteiger partial charge on any atom is -0.399 e. The van der Waals surface area contributed by atoms with Crippen LogP contribution in [0.25, 0.3) is 0 Å². The maximum atomic E-state index is 11.8. The molecule has 0 bridgehead atoms. The van der Waals surface area contributed by atoms with Gasteiger partial charge in [-0.05, 0) is 17.7 Å². The van der Waals surface area contributed by atoms with E-state index in [0.717, 1.165) is 15.6 Å². The molecule has 7 heteroatoms. The first-order valence-electron chi connectivity index (χ1n) is 6.48. The van der Waals surface area contributed by atoms with Crippen LogP contribution in [0.15, 0.2) is 24.3 Å². The smallest absolute Gasteiger partial charge is 0.224 e. The number of nitrogens with one attached hydrogen (secondary N) is 1. The Morgan fingerprint density at radius 3 is 2.52 bits per heavy atom. The number of benzene rings is 1. The largest absolute Gasteiger partial charge is 0.399 e. The Kier molecular flexibility index (Phi) is 6.58. The summed E-state index contributed by atoms with van der Waals surface area (Å²) in [5.74, 6) is 0.336. The van der Waals surface area contributed by atoms with Crippen molar-refractivity contribution in [2.75, 3.05) is 5.73 Å². The van der Waals surface area contributed by atoms with Crippen molar-refractivity contribution in [2.45, 2.75) is 32.7 Å². The first kappa shape index (κ1) is 17.4. The van der Waals surface area contributed by atoms with Crippen LogP contribution in [0.4, 0.5) is 5.69 Å². The Hall–Kier alpha value is -1.66. The van der Waals surface area contributed by atoms with Crippen LogP contribution in [0, 0.1) is 0 Å². The van der Waals surface area contributed by atoms with Crippen molar-refractivity contribution in [3.63, 3.8) is 0 Å². The van der Waals surface area contributed by atoms with E-state index < -0.39 is 0 Å². The fraction of sp³-hybridized carbons (Fsp3) is 0.357. The Morgan fingerprint density at radius 2 is 1.95 bits per heavy atom. The maximum Gasteiger partial charge on any atom is 0.224 e. The van der Waals surface area contributed by atoms with Crippen molar-refractivity contribution >= 4 is 35.3 Å². The monoisotopic (exact) mass is 326 g/mol. The van der Waals surface area contributed by atoms with Crippen LogP contribution in [-0.2, 0) is 17.8 Å². The first-order valence-corrected chi connectivity index (χ1v) is 7.29. The summed E-state index contributed by atoms with van der Waals surface area (Å²) >= 11 is 1.54. The van der Waals surface area contributed by atoms with Gasteiger partial charge in [0.25, 0.3) is 0 Å². The lowest BCUT2D eigenvalue weighted by Gasteiger charge is -2.03. The molecule has 0 atom stereocenters. The van der Waals surface area contributed by atoms with Crippen LogP contribution in [-0.4, -0.2) is 16.1 Å². The molecule has 21 heavy (non-hydrogen) atoms. The number of rotatable bonds is 5. The van der Waals surface area contributed by atoms with E-state index in [1.807, 2.05) is 12.1 Å². The van der Waals surface area contributed by atoms with Crippen molar-refractivity contribution in [1.29, 1.82) is 0 Å². The summed E-state index contributed by atoms with van der Waals surface area (Å²) in [5, 5.41) is 12.8. The van der Waals surface area contributed by atoms with Crippen LogP contribution < -0.4 is 11.1 Å². The van der Waals surface area contributed by atoms with E-state index in [1.54, 1.807) is 12.1 Å². The molecule has 0 aliphatic carbocycles. The van der Waals surface area contributed by atoms with Crippen LogP contribution in [0.5, 0.6) is 0 Å². The van der Waals surface area contributed by atoms with E-state index in [2.05, 4.69) is 29.4 Å². The SMILES string of the molecule is CC(C)c1nnc(CNC(=O)Cc2ccc(N)cc2)s1.Cl. The molecule has 0 saturated carbocycles. The van der Waals surface area contributed by atoms with Crippen molar-refractivity contribution in [3.05, 3.63) is 39.8 Å². The van der Waals surface area contributed by atoms with Crippen LogP contribution in [0.1, 0.15) is 35.3 Å². The van der Waals surface area contributed by atoms with Gasteiger partial charge in [-0.25, -0.2) is 0 Å². The molecule has 0 radical (unpaired) electrons. The molecule has 114 valence electrons. The molecule has 0 saturated heterocycles. The van der Waals surface area contributed by atoms with Crippen LogP contribution in [0.2, 0.25) is 0 Å². The lowest BCUT2D eigenvalue weighted by atomic mass is 10.1. The number of nitrogen functional groups attached to an aromatic ring is 1. The zero-order chi connectivity index (χ0) is 14.5. The molecular formula is C14H19ClN4OS. The highest BCUT2D eigenvalue weighted by Crippen LogP contribution is 2.18. The molecule has 0 unspecified atom stereocenters. The predicted octanol–water partition coefficient (Wildman–Crippen LogP) is 2.52. The number of nitrogens with two attached hydrogens (primary N) is 1. The van der Waals surface area contributed by atoms with E-state index in [9.17, 15) is 4.79 Å². The maximum absolute atomic E-state index is 11.8. The third-order valence-electron chi connectivity index (χ3n) is 2.76. The van der Waals surface area contributed by atoms with Gasteiger partial charge in [-0.2, -0.15) is 0 Å². The molecule has 0 spiro atoms. The number of amides is 1. The van der Waals surface area contributed by atoms with Gasteiger partial charge in [0.05, 0.1) is 13.0 Å². The standard InChI is InChI=1S/C14H18N4OS.ClH/c1-9(2)14-18-17-13(20-14)8-16-12(19)7-10-3-5-11(15)6-4-10;/h3-6,9H,7-8,15H2,1-2H3,(H,16,19);1H. The summed E-state index contributed by atoms with van der Waals surface area (Å²) in [6.45, 7) is 4.58. The summed E-state index contributed by atoms with van der Waals surface area (Å²) in [4.78, 5) is 11.8. The van der Waals surface area contributed by atoms with Gasteiger partial charge in [0.15, 0.2) is 0 Å². The van der Waals surface area contributed by atoms with E-state index in [1.165, 1.54) is 11.3 Å². The zero-order valence-corrected chi connectivity index (χ0v) is 13.6. The van der Waals surface area contributed by atoms with Crippen molar-refractivity contribution < 1.29 is 4.79 Å². The number of carbonyl (C=O) groups excluding carboxylic acids is 1.